The molecule has 4 aliphatic rings. The molecule has 4 aliphatic heterocycles. The molecule has 16 nitrogen and oxygen atoms in total. The molecule has 0 aliphatic carbocycles. The number of likely N-dealkylation sites (tertiary alicyclic amines) is 3. The van der Waals surface area contributed by atoms with E-state index in [9.17, 15) is 32.8 Å². The number of hydrogen-bond donors (Lipinski definition) is 5. The third-order valence-electron chi connectivity index (χ3n) is 13.8. The van der Waals surface area contributed by atoms with Crippen LogP contribution in [0.25, 0.3) is 0 Å². The van der Waals surface area contributed by atoms with E-state index in [1.54, 1.807) is 18.7 Å². The summed E-state index contributed by atoms with van der Waals surface area (Å²) in [5.74, 6) is 0.809. The minimum atomic E-state index is -0.618. The van der Waals surface area contributed by atoms with Gasteiger partial charge in [0.15, 0.2) is 21.8 Å². The molecular formula is C53H80F2N10O6S2. The van der Waals surface area contributed by atoms with Gasteiger partial charge in [-0.1, -0.05) is 46.9 Å². The number of carbonyl (C=O) groups excluding carboxylic acids is 5. The molecule has 20 heteroatoms. The quantitative estimate of drug-likeness (QED) is 0.0757. The normalized spacial score (nSPS) is 22.5. The fourth-order valence-corrected chi connectivity index (χ4v) is 12.2. The van der Waals surface area contributed by atoms with Crippen molar-refractivity contribution in [3.63, 3.8) is 0 Å². The number of rotatable bonds is 14. The number of Topliss-reactive ketones (excluding diaryl/α,β-unsaturated/α-hetero) is 2. The number of urea groups is 2. The fourth-order valence-electron chi connectivity index (χ4n) is 10.5. The Morgan fingerprint density at radius 2 is 1.15 bits per heavy atom. The van der Waals surface area contributed by atoms with Crippen molar-refractivity contribution in [1.82, 2.24) is 40.6 Å². The van der Waals surface area contributed by atoms with Crippen molar-refractivity contribution >= 4 is 62.7 Å². The van der Waals surface area contributed by atoms with Crippen molar-refractivity contribution in [1.29, 1.82) is 0 Å². The van der Waals surface area contributed by atoms with E-state index >= 15 is 0 Å². The number of ether oxygens (including phenoxy) is 1. The summed E-state index contributed by atoms with van der Waals surface area (Å²) in [6.45, 7) is 20.0. The smallest absolute Gasteiger partial charge is 0.410 e. The summed E-state index contributed by atoms with van der Waals surface area (Å²) in [6, 6.07) is 12.6. The van der Waals surface area contributed by atoms with Crippen LogP contribution in [0.2, 0.25) is 0 Å². The SMILES string of the molecule is CC(=O)c1sc(NC(=O)N[C@@H]2CN(C(=O)OC(C)(C)C)C[C@@H]2CN2CCC[C@@H](Cc3ccc(F)cc3)C2)nc1C.CC(=O)c1sc(NC(=O)N[C@@H]2CNC[C@H]2CN2CCC[C@@H](Cc3ccc(F)cc3)C2)nc1C.[HH].[HH].[HH].[HH]. The molecule has 0 unspecified atom stereocenters. The van der Waals surface area contributed by atoms with Crippen LogP contribution in [0.5, 0.6) is 0 Å². The van der Waals surface area contributed by atoms with Crippen LogP contribution in [0.4, 0.5) is 33.4 Å². The van der Waals surface area contributed by atoms with Crippen molar-refractivity contribution in [2.45, 2.75) is 105 Å². The van der Waals surface area contributed by atoms with Gasteiger partial charge in [-0.05, 0) is 133 Å². The Morgan fingerprint density at radius 3 is 1.60 bits per heavy atom. The van der Waals surface area contributed by atoms with E-state index in [0.717, 1.165) is 101 Å². The van der Waals surface area contributed by atoms with Crippen molar-refractivity contribution in [2.24, 2.45) is 23.7 Å². The lowest BCUT2D eigenvalue weighted by Gasteiger charge is -2.35. The first kappa shape index (κ1) is 55.3. The van der Waals surface area contributed by atoms with E-state index in [2.05, 4.69) is 46.4 Å². The van der Waals surface area contributed by atoms with Gasteiger partial charge in [0.2, 0.25) is 0 Å². The Hall–Kier alpha value is -5.41. The lowest BCUT2D eigenvalue weighted by atomic mass is 9.90. The highest BCUT2D eigenvalue weighted by molar-refractivity contribution is 7.18. The van der Waals surface area contributed by atoms with Gasteiger partial charge < -0.3 is 35.4 Å². The molecule has 5 N–H and O–H groups in total. The van der Waals surface area contributed by atoms with E-state index in [4.69, 9.17) is 4.74 Å². The zero-order valence-corrected chi connectivity index (χ0v) is 44.8. The molecule has 0 bridgehead atoms. The number of aromatic nitrogens is 2. The number of ketones is 2. The molecule has 73 heavy (non-hydrogen) atoms. The Bertz CT molecular complexity index is 2560. The molecule has 8 rings (SSSR count). The number of nitrogens with one attached hydrogen (secondary N) is 5. The monoisotopic (exact) mass is 1050 g/mol. The average Bonchev–Trinajstić information content (AvgIpc) is 4.12. The number of thiazole rings is 2. The van der Waals surface area contributed by atoms with Crippen molar-refractivity contribution in [2.75, 3.05) is 76.1 Å². The van der Waals surface area contributed by atoms with Gasteiger partial charge in [0, 0.05) is 89.8 Å². The van der Waals surface area contributed by atoms with Crippen LogP contribution < -0.4 is 26.6 Å². The van der Waals surface area contributed by atoms with Crippen molar-refractivity contribution < 1.29 is 43.2 Å². The second-order valence-electron chi connectivity index (χ2n) is 21.1. The molecular weight excluding hydrogens is 975 g/mol. The van der Waals surface area contributed by atoms with Gasteiger partial charge in [-0.25, -0.2) is 33.1 Å². The summed E-state index contributed by atoms with van der Waals surface area (Å²) in [5.41, 5.74) is 2.93. The van der Waals surface area contributed by atoms with Crippen LogP contribution in [0, 0.1) is 49.2 Å². The van der Waals surface area contributed by atoms with E-state index in [1.807, 2.05) is 45.0 Å². The van der Waals surface area contributed by atoms with Crippen LogP contribution in [0.1, 0.15) is 108 Å². The van der Waals surface area contributed by atoms with Crippen molar-refractivity contribution in [3.05, 3.63) is 92.4 Å². The molecule has 0 spiro atoms. The van der Waals surface area contributed by atoms with Gasteiger partial charge in [-0.3, -0.25) is 20.2 Å². The predicted octanol–water partition coefficient (Wildman–Crippen LogP) is 9.55. The van der Waals surface area contributed by atoms with Crippen LogP contribution in [0.15, 0.2) is 48.5 Å². The summed E-state index contributed by atoms with van der Waals surface area (Å²) in [4.78, 5) is 78.1. The molecule has 2 aromatic carbocycles. The van der Waals surface area contributed by atoms with Crippen LogP contribution in [0.3, 0.4) is 0 Å². The molecule has 6 heterocycles. The molecule has 0 radical (unpaired) electrons. The number of amides is 5. The van der Waals surface area contributed by atoms with Gasteiger partial charge in [0.05, 0.1) is 27.2 Å². The first-order valence-corrected chi connectivity index (χ1v) is 27.1. The highest BCUT2D eigenvalue weighted by Crippen LogP contribution is 2.29. The van der Waals surface area contributed by atoms with Gasteiger partial charge in [0.25, 0.3) is 0 Å². The maximum atomic E-state index is 13.3. The minimum absolute atomic E-state index is 0. The number of halogens is 2. The summed E-state index contributed by atoms with van der Waals surface area (Å²) < 4.78 is 32.1. The van der Waals surface area contributed by atoms with Gasteiger partial charge in [-0.2, -0.15) is 0 Å². The number of piperidine rings is 2. The zero-order valence-electron chi connectivity index (χ0n) is 43.2. The van der Waals surface area contributed by atoms with E-state index < -0.39 is 17.7 Å². The maximum absolute atomic E-state index is 13.3. The van der Waals surface area contributed by atoms with Gasteiger partial charge in [-0.15, -0.1) is 0 Å². The summed E-state index contributed by atoms with van der Waals surface area (Å²) in [6.07, 6.45) is 6.00. The first-order valence-electron chi connectivity index (χ1n) is 25.5. The highest BCUT2D eigenvalue weighted by atomic mass is 32.1. The first-order chi connectivity index (χ1) is 34.7. The number of hydrogen-bond acceptors (Lipinski definition) is 13. The molecule has 2 aromatic heterocycles. The summed E-state index contributed by atoms with van der Waals surface area (Å²) in [5, 5.41) is 15.9. The average molecular weight is 1060 g/mol. The topological polar surface area (TPSA) is 190 Å². The Kier molecular flexibility index (Phi) is 19.1. The molecule has 5 amide bonds. The highest BCUT2D eigenvalue weighted by Gasteiger charge is 2.40. The second-order valence-corrected chi connectivity index (χ2v) is 23.1. The molecule has 4 fully saturated rings. The van der Waals surface area contributed by atoms with Crippen molar-refractivity contribution in [3.8, 4) is 0 Å². The third-order valence-corrected chi connectivity index (χ3v) is 16.2. The fraction of sp³-hybridized carbons (Fsp3) is 0.566. The van der Waals surface area contributed by atoms with E-state index in [-0.39, 0.29) is 52.9 Å². The lowest BCUT2D eigenvalue weighted by Crippen LogP contribution is -2.47. The predicted molar refractivity (Wildman–Crippen MR) is 290 cm³/mol. The lowest BCUT2D eigenvalue weighted by molar-refractivity contribution is 0.0281. The number of nitrogens with zero attached hydrogens (tertiary/aromatic N) is 5. The standard InChI is InChI=1S/C29H40FN5O4S.C24H32FN5O2S.4H2/c1-18-25(19(2)36)40-27(31-18)33-26(37)32-24-17-35(28(38)39-29(3,4)5)16-22(24)15-34-12-6-7-21(14-34)13-20-8-10-23(30)11-9-20;1-15-22(16(2)31)33-24(27-15)29-23(32)28-21-12-26-11-19(21)14-30-9-3-4-18(13-30)10-17-5-7-20(25)8-6-17;;;;/h8-11,21-22,24H,6-7,12-17H2,1-5H3,(H2,31,32,33,37);5-8,18-19,21,26H,3-4,9-14H2,1-2H3,(H2,27,28,29,32);4*1H/t21-,22-,24+;18-,19-,21+;;;;/m00..../s1. The number of carbonyl (C=O) groups is 5. The molecule has 4 aromatic rings. The molecule has 404 valence electrons. The second kappa shape index (κ2) is 25.2. The largest absolute Gasteiger partial charge is 0.444 e. The summed E-state index contributed by atoms with van der Waals surface area (Å²) in [7, 11) is 0. The molecule has 4 saturated heterocycles. The third kappa shape index (κ3) is 16.5. The summed E-state index contributed by atoms with van der Waals surface area (Å²) >= 11 is 2.36. The van der Waals surface area contributed by atoms with Gasteiger partial charge >= 0.3 is 18.2 Å². The Labute approximate surface area is 441 Å². The Morgan fingerprint density at radius 1 is 0.685 bits per heavy atom. The minimum Gasteiger partial charge on any atom is -0.444 e. The molecule has 0 saturated carbocycles. The van der Waals surface area contributed by atoms with Crippen LogP contribution >= 0.6 is 22.7 Å². The van der Waals surface area contributed by atoms with E-state index in [0.29, 0.717) is 62.2 Å². The van der Waals surface area contributed by atoms with Gasteiger partial charge in [0.1, 0.15) is 17.2 Å². The number of anilines is 2. The number of aryl methyl sites for hydroxylation is 2. The Balaban J connectivity index is 0.000000391. The maximum Gasteiger partial charge on any atom is 0.410 e. The molecule has 6 atom stereocenters. The zero-order chi connectivity index (χ0) is 52.4. The van der Waals surface area contributed by atoms with Crippen LogP contribution in [-0.4, -0.2) is 138 Å². The van der Waals surface area contributed by atoms with E-state index in [1.165, 1.54) is 61.4 Å². The van der Waals surface area contributed by atoms with Crippen LogP contribution in [-0.2, 0) is 17.6 Å². The number of benzene rings is 2.